The summed E-state index contributed by atoms with van der Waals surface area (Å²) >= 11 is 14.1. The summed E-state index contributed by atoms with van der Waals surface area (Å²) in [6.45, 7) is 2.45. The largest absolute Gasteiger partial charge is 0.493 e. The van der Waals surface area contributed by atoms with Gasteiger partial charge in [-0.2, -0.15) is 0 Å². The molecule has 3 nitrogen and oxygen atoms in total. The van der Waals surface area contributed by atoms with Crippen molar-refractivity contribution in [2.75, 3.05) is 20.2 Å². The molecule has 0 unspecified atom stereocenters. The highest BCUT2D eigenvalue weighted by Gasteiger charge is 2.20. The van der Waals surface area contributed by atoms with Crippen molar-refractivity contribution in [2.45, 2.75) is 19.4 Å². The number of ether oxygens (including phenoxy) is 2. The van der Waals surface area contributed by atoms with Crippen molar-refractivity contribution in [3.8, 4) is 11.5 Å². The molecule has 0 atom stereocenters. The summed E-state index contributed by atoms with van der Waals surface area (Å²) in [6.07, 6.45) is 2.40. The van der Waals surface area contributed by atoms with E-state index < -0.39 is 0 Å². The summed E-state index contributed by atoms with van der Waals surface area (Å²) in [6, 6.07) is 11.7. The summed E-state index contributed by atoms with van der Waals surface area (Å²) in [7, 11) is 1.65. The molecule has 1 fully saturated rings. The lowest BCUT2D eigenvalue weighted by Crippen LogP contribution is -2.26. The van der Waals surface area contributed by atoms with Crippen LogP contribution >= 0.6 is 46.4 Å². The predicted octanol–water partition coefficient (Wildman–Crippen LogP) is 5.30. The van der Waals surface area contributed by atoms with E-state index in [2.05, 4.69) is 33.6 Å². The van der Waals surface area contributed by atoms with Crippen molar-refractivity contribution >= 4 is 51.4 Å². The van der Waals surface area contributed by atoms with Gasteiger partial charge in [-0.3, -0.25) is 0 Å². The standard InChI is InChI=1S/C19H19ClINO2S/c1-23-17-11-14(19(25)22-8-4-5-9-22)10-16(21)18(17)24-12-13-6-2-3-7-15(13)20/h2-3,6-7,10-11H,4-5,8-9,12H2,1H3. The van der Waals surface area contributed by atoms with E-state index in [0.717, 1.165) is 38.5 Å². The molecule has 0 bridgehead atoms. The quantitative estimate of drug-likeness (QED) is 0.421. The van der Waals surface area contributed by atoms with Crippen molar-refractivity contribution in [2.24, 2.45) is 0 Å². The van der Waals surface area contributed by atoms with E-state index in [4.69, 9.17) is 33.3 Å². The smallest absolute Gasteiger partial charge is 0.174 e. The summed E-state index contributed by atoms with van der Waals surface area (Å²) < 4.78 is 12.5. The van der Waals surface area contributed by atoms with E-state index in [1.54, 1.807) is 7.11 Å². The van der Waals surface area contributed by atoms with Gasteiger partial charge in [-0.1, -0.05) is 42.0 Å². The van der Waals surface area contributed by atoms with Gasteiger partial charge in [-0.15, -0.1) is 0 Å². The minimum atomic E-state index is 0.391. The van der Waals surface area contributed by atoms with Crippen molar-refractivity contribution in [1.29, 1.82) is 0 Å². The van der Waals surface area contributed by atoms with Crippen LogP contribution in [0.2, 0.25) is 5.02 Å². The lowest BCUT2D eigenvalue weighted by atomic mass is 10.2. The predicted molar refractivity (Wildman–Crippen MR) is 114 cm³/mol. The van der Waals surface area contributed by atoms with Crippen LogP contribution in [0.3, 0.4) is 0 Å². The second kappa shape index (κ2) is 8.56. The topological polar surface area (TPSA) is 21.7 Å². The van der Waals surface area contributed by atoms with Gasteiger partial charge in [0.1, 0.15) is 11.6 Å². The average molecular weight is 488 g/mol. The molecule has 0 aromatic heterocycles. The summed E-state index contributed by atoms with van der Waals surface area (Å²) in [5.74, 6) is 1.41. The number of benzene rings is 2. The van der Waals surface area contributed by atoms with Crippen LogP contribution in [-0.2, 0) is 6.61 Å². The number of rotatable bonds is 5. The molecule has 0 N–H and O–H groups in total. The monoisotopic (exact) mass is 487 g/mol. The molecule has 1 saturated heterocycles. The van der Waals surface area contributed by atoms with Crippen molar-refractivity contribution in [3.05, 3.63) is 56.1 Å². The van der Waals surface area contributed by atoms with E-state index in [1.807, 2.05) is 30.3 Å². The third kappa shape index (κ3) is 4.38. The first kappa shape index (κ1) is 18.7. The van der Waals surface area contributed by atoms with Crippen LogP contribution in [0.1, 0.15) is 24.0 Å². The molecule has 0 aliphatic carbocycles. The van der Waals surface area contributed by atoms with E-state index in [0.29, 0.717) is 17.4 Å². The Hall–Kier alpha value is -1.05. The van der Waals surface area contributed by atoms with E-state index in [9.17, 15) is 0 Å². The first-order chi connectivity index (χ1) is 12.1. The van der Waals surface area contributed by atoms with Gasteiger partial charge in [-0.05, 0) is 53.6 Å². The lowest BCUT2D eigenvalue weighted by molar-refractivity contribution is 0.282. The number of halogens is 2. The Morgan fingerprint density at radius 3 is 2.64 bits per heavy atom. The third-order valence-corrected chi connectivity index (χ3v) is 5.86. The van der Waals surface area contributed by atoms with Crippen LogP contribution < -0.4 is 9.47 Å². The second-order valence-corrected chi connectivity index (χ2v) is 7.82. The normalized spacial score (nSPS) is 13.8. The fraction of sp³-hybridized carbons (Fsp3) is 0.316. The molecule has 25 heavy (non-hydrogen) atoms. The molecular weight excluding hydrogens is 469 g/mol. The number of hydrogen-bond acceptors (Lipinski definition) is 3. The number of methoxy groups -OCH3 is 1. The van der Waals surface area contributed by atoms with Gasteiger partial charge >= 0.3 is 0 Å². The number of hydrogen-bond donors (Lipinski definition) is 0. The zero-order valence-electron chi connectivity index (χ0n) is 13.9. The molecule has 0 spiro atoms. The molecule has 1 aliphatic heterocycles. The first-order valence-electron chi connectivity index (χ1n) is 8.13. The summed E-state index contributed by atoms with van der Waals surface area (Å²) in [4.78, 5) is 3.14. The lowest BCUT2D eigenvalue weighted by Gasteiger charge is -2.20. The molecule has 1 aliphatic rings. The van der Waals surface area contributed by atoms with Crippen LogP contribution in [0, 0.1) is 3.57 Å². The van der Waals surface area contributed by atoms with Crippen LogP contribution in [0.5, 0.6) is 11.5 Å². The Morgan fingerprint density at radius 1 is 1.24 bits per heavy atom. The third-order valence-electron chi connectivity index (χ3n) is 4.20. The van der Waals surface area contributed by atoms with Crippen molar-refractivity contribution in [1.82, 2.24) is 4.90 Å². The molecule has 1 heterocycles. The Balaban J connectivity index is 1.82. The molecule has 0 amide bonds. The van der Waals surface area contributed by atoms with Gasteiger partial charge in [0.2, 0.25) is 0 Å². The number of likely N-dealkylation sites (tertiary alicyclic amines) is 1. The van der Waals surface area contributed by atoms with Gasteiger partial charge in [-0.25, -0.2) is 0 Å². The van der Waals surface area contributed by atoms with Gasteiger partial charge in [0.15, 0.2) is 11.5 Å². The maximum atomic E-state index is 6.21. The summed E-state index contributed by atoms with van der Waals surface area (Å²) in [5.41, 5.74) is 1.95. The van der Waals surface area contributed by atoms with E-state index in [-0.39, 0.29) is 0 Å². The fourth-order valence-electron chi connectivity index (χ4n) is 2.85. The Bertz CT molecular complexity index is 778. The summed E-state index contributed by atoms with van der Waals surface area (Å²) in [5, 5.41) is 0.698. The maximum absolute atomic E-state index is 6.21. The van der Waals surface area contributed by atoms with E-state index >= 15 is 0 Å². The minimum absolute atomic E-state index is 0.391. The number of nitrogens with zero attached hydrogens (tertiary/aromatic N) is 1. The van der Waals surface area contributed by atoms with Gasteiger partial charge in [0.25, 0.3) is 0 Å². The van der Waals surface area contributed by atoms with Gasteiger partial charge in [0.05, 0.1) is 10.7 Å². The highest BCUT2D eigenvalue weighted by molar-refractivity contribution is 14.1. The van der Waals surface area contributed by atoms with Crippen LogP contribution in [-0.4, -0.2) is 30.1 Å². The van der Waals surface area contributed by atoms with Crippen LogP contribution in [0.15, 0.2) is 36.4 Å². The SMILES string of the molecule is COc1cc(C(=S)N2CCCC2)cc(I)c1OCc1ccccc1Cl. The Morgan fingerprint density at radius 2 is 1.96 bits per heavy atom. The number of thiocarbonyl (C=S) groups is 1. The molecular formula is C19H19ClINO2S. The highest BCUT2D eigenvalue weighted by Crippen LogP contribution is 2.35. The Labute approximate surface area is 172 Å². The first-order valence-corrected chi connectivity index (χ1v) is 9.99. The van der Waals surface area contributed by atoms with Crippen molar-refractivity contribution in [3.63, 3.8) is 0 Å². The molecule has 3 rings (SSSR count). The van der Waals surface area contributed by atoms with Crippen molar-refractivity contribution < 1.29 is 9.47 Å². The average Bonchev–Trinajstić information content (AvgIpc) is 3.15. The zero-order chi connectivity index (χ0) is 17.8. The maximum Gasteiger partial charge on any atom is 0.174 e. The zero-order valence-corrected chi connectivity index (χ0v) is 17.7. The molecule has 0 saturated carbocycles. The minimum Gasteiger partial charge on any atom is -0.493 e. The molecule has 2 aromatic rings. The fourth-order valence-corrected chi connectivity index (χ4v) is 4.10. The molecule has 2 aromatic carbocycles. The van der Waals surface area contributed by atoms with Gasteiger partial charge in [0, 0.05) is 29.2 Å². The molecule has 0 radical (unpaired) electrons. The second-order valence-electron chi connectivity index (χ2n) is 5.87. The highest BCUT2D eigenvalue weighted by atomic mass is 127. The molecule has 132 valence electrons. The van der Waals surface area contributed by atoms with E-state index in [1.165, 1.54) is 12.8 Å². The van der Waals surface area contributed by atoms with Crippen LogP contribution in [0.25, 0.3) is 0 Å². The Kier molecular flexibility index (Phi) is 6.41. The molecule has 6 heteroatoms. The van der Waals surface area contributed by atoms with Gasteiger partial charge < -0.3 is 14.4 Å². The van der Waals surface area contributed by atoms with Crippen LogP contribution in [0.4, 0.5) is 0 Å².